The Morgan fingerprint density at radius 1 is 1.50 bits per heavy atom. The molecule has 0 saturated carbocycles. The molecule has 0 saturated heterocycles. The molecule has 0 aliphatic carbocycles. The van der Waals surface area contributed by atoms with Crippen LogP contribution in [0, 0.1) is 0 Å². The Kier molecular flexibility index (Phi) is 1.95. The molecule has 0 aliphatic rings. The van der Waals surface area contributed by atoms with E-state index in [1.807, 2.05) is 0 Å². The van der Waals surface area contributed by atoms with Gasteiger partial charge in [0.2, 0.25) is 0 Å². The van der Waals surface area contributed by atoms with Gasteiger partial charge in [0.1, 0.15) is 0 Å². The predicted octanol–water partition coefficient (Wildman–Crippen LogP) is 0.377. The number of halogens is 2. The van der Waals surface area contributed by atoms with Crippen LogP contribution in [0.5, 0.6) is 0 Å². The van der Waals surface area contributed by atoms with Gasteiger partial charge < -0.3 is 0 Å². The van der Waals surface area contributed by atoms with E-state index >= 15 is 0 Å². The molecule has 0 aromatic carbocycles. The van der Waals surface area contributed by atoms with Crippen LogP contribution in [0.25, 0.3) is 0 Å². The fraction of sp³-hybridized carbons (Fsp3) is 1.00. The Morgan fingerprint density at radius 2 is 1.50 bits per heavy atom. The summed E-state index contributed by atoms with van der Waals surface area (Å²) in [5, 5.41) is -2.17. The van der Waals surface area contributed by atoms with E-state index in [9.17, 15) is 8.78 Å². The van der Waals surface area contributed by atoms with Gasteiger partial charge in [0.05, 0.1) is 0 Å². The van der Waals surface area contributed by atoms with Crippen LogP contribution in [0.4, 0.5) is 8.78 Å². The maximum absolute atomic E-state index is 10.3. The van der Waals surface area contributed by atoms with Crippen molar-refractivity contribution in [3.05, 3.63) is 0 Å². The van der Waals surface area contributed by atoms with E-state index in [2.05, 4.69) is 0 Å². The first kappa shape index (κ1) is 4.46. The molecule has 0 N–H and O–H groups in total. The molecule has 4 heavy (non-hydrogen) atoms. The van der Waals surface area contributed by atoms with Gasteiger partial charge in [0.15, 0.2) is 0 Å². The third kappa shape index (κ3) is 24.9. The van der Waals surface area contributed by atoms with Crippen molar-refractivity contribution in [1.82, 2.24) is 0 Å². The molecule has 3 heteroatoms. The average molecular weight is 58.0 g/mol. The van der Waals surface area contributed by atoms with Gasteiger partial charge in [-0.2, -0.15) is 0 Å². The van der Waals surface area contributed by atoms with Crippen molar-refractivity contribution in [1.29, 1.82) is 0 Å². The summed E-state index contributed by atoms with van der Waals surface area (Å²) in [6.45, 7) is 0. The molecule has 20 valence electrons. The van der Waals surface area contributed by atoms with Gasteiger partial charge in [0.25, 0.3) is 0 Å². The third-order valence-electron chi connectivity index (χ3n) is 0. The van der Waals surface area contributed by atoms with E-state index in [4.69, 9.17) is 0 Å². The van der Waals surface area contributed by atoms with Crippen LogP contribution in [0.1, 0.15) is 0 Å². The van der Waals surface area contributed by atoms with Crippen molar-refractivity contribution in [2.75, 3.05) is 0 Å². The Bertz CT molecular complexity index is 10.8. The summed E-state index contributed by atoms with van der Waals surface area (Å²) in [6, 6.07) is 0. The van der Waals surface area contributed by atoms with Gasteiger partial charge in [-0.15, -0.1) is 0 Å². The first-order valence-corrected chi connectivity index (χ1v) is 1.01. The van der Waals surface area contributed by atoms with Gasteiger partial charge in [0, 0.05) is 0 Å². The van der Waals surface area contributed by atoms with Crippen molar-refractivity contribution in [3.8, 4) is 0 Å². The van der Waals surface area contributed by atoms with Gasteiger partial charge in [-0.1, -0.05) is 0 Å². The molecule has 0 aromatic rings. The minimum absolute atomic E-state index is 0.833. The summed E-state index contributed by atoms with van der Waals surface area (Å²) >= 11 is 0.833. The fourth-order valence-corrected chi connectivity index (χ4v) is 0. The van der Waals surface area contributed by atoms with Crippen molar-refractivity contribution in [3.63, 3.8) is 0 Å². The molecule has 0 spiro atoms. The number of hydrogen-bond donors (Lipinski definition) is 0. The summed E-state index contributed by atoms with van der Waals surface area (Å²) in [5.41, 5.74) is 0. The first-order valence-electron chi connectivity index (χ1n) is 1.01. The van der Waals surface area contributed by atoms with Crippen LogP contribution in [0.3, 0.4) is 0 Å². The SMILES string of the molecule is [Li][CH](F)F. The standard InChI is InChI=1S/CHF2.Li/c2-1-3;/h1H;. The molecule has 0 atom stereocenters. The monoisotopic (exact) mass is 58.0 g/mol. The summed E-state index contributed by atoms with van der Waals surface area (Å²) in [6.07, 6.45) is 0. The second-order valence-electron chi connectivity index (χ2n) is 0.519. The predicted molar refractivity (Wildman–Crippen MR) is 11.8 cm³/mol. The molecule has 0 radical (unpaired) electrons. The zero-order chi connectivity index (χ0) is 3.58. The quantitative estimate of drug-likeness (QED) is 0.353. The molecule has 0 fully saturated rings. The molecular formula is CHF2Li. The zero-order valence-electron chi connectivity index (χ0n) is 2.33. The van der Waals surface area contributed by atoms with Crippen LogP contribution >= 0.6 is 0 Å². The molecule has 0 bridgehead atoms. The van der Waals surface area contributed by atoms with E-state index in [0.29, 0.717) is 0 Å². The van der Waals surface area contributed by atoms with Gasteiger partial charge in [-0.25, -0.2) is 0 Å². The van der Waals surface area contributed by atoms with Crippen molar-refractivity contribution in [2.45, 2.75) is 5.10 Å². The number of rotatable bonds is 0. The Hall–Kier alpha value is 0.457. The molecular weight excluding hydrogens is 56.9 g/mol. The van der Waals surface area contributed by atoms with Crippen molar-refractivity contribution >= 4 is 17.7 Å². The molecule has 0 rings (SSSR count). The van der Waals surface area contributed by atoms with E-state index in [-0.39, 0.29) is 0 Å². The van der Waals surface area contributed by atoms with E-state index in [0.717, 1.165) is 17.7 Å². The minimum atomic E-state index is -2.17. The molecule has 0 amide bonds. The van der Waals surface area contributed by atoms with Crippen LogP contribution in [0.2, 0.25) is 0 Å². The van der Waals surface area contributed by atoms with Crippen LogP contribution in [-0.2, 0) is 0 Å². The second-order valence-corrected chi connectivity index (χ2v) is 0.519. The molecule has 0 aromatic heterocycles. The van der Waals surface area contributed by atoms with E-state index in [1.165, 1.54) is 0 Å². The normalized spacial score (nSPS) is 9.25. The van der Waals surface area contributed by atoms with Crippen molar-refractivity contribution < 1.29 is 8.78 Å². The van der Waals surface area contributed by atoms with Gasteiger partial charge >= 0.3 is 31.6 Å². The molecule has 0 nitrogen and oxygen atoms in total. The van der Waals surface area contributed by atoms with Crippen LogP contribution < -0.4 is 0 Å². The van der Waals surface area contributed by atoms with E-state index in [1.54, 1.807) is 0 Å². The number of alkyl halides is 2. The fourth-order valence-electron chi connectivity index (χ4n) is 0. The maximum atomic E-state index is 10.3. The molecule has 0 heterocycles. The number of hydrogen-bond acceptors (Lipinski definition) is 0. The van der Waals surface area contributed by atoms with E-state index < -0.39 is 5.10 Å². The second kappa shape index (κ2) is 1.75. The Balaban J connectivity index is 2.32. The van der Waals surface area contributed by atoms with Gasteiger partial charge in [-0.05, 0) is 0 Å². The molecule has 0 unspecified atom stereocenters. The Labute approximate surface area is 32.4 Å². The van der Waals surface area contributed by atoms with Crippen LogP contribution in [-0.4, -0.2) is 22.8 Å². The van der Waals surface area contributed by atoms with Crippen molar-refractivity contribution in [2.24, 2.45) is 0 Å². The topological polar surface area (TPSA) is 0 Å². The Morgan fingerprint density at radius 3 is 1.50 bits per heavy atom. The van der Waals surface area contributed by atoms with Crippen LogP contribution in [0.15, 0.2) is 0 Å². The summed E-state index contributed by atoms with van der Waals surface area (Å²) < 4.78 is 20.7. The molecule has 0 aliphatic heterocycles. The summed E-state index contributed by atoms with van der Waals surface area (Å²) in [5.74, 6) is 0. The average Bonchev–Trinajstić information content (AvgIpc) is 0.811. The summed E-state index contributed by atoms with van der Waals surface area (Å²) in [7, 11) is 0. The van der Waals surface area contributed by atoms with Gasteiger partial charge in [-0.3, -0.25) is 0 Å². The summed E-state index contributed by atoms with van der Waals surface area (Å²) in [4.78, 5) is 0. The first-order chi connectivity index (χ1) is 1.73. The zero-order valence-corrected chi connectivity index (χ0v) is 2.33. The third-order valence-corrected chi connectivity index (χ3v) is 0.